The van der Waals surface area contributed by atoms with Crippen molar-refractivity contribution in [2.24, 2.45) is 4.99 Å². The summed E-state index contributed by atoms with van der Waals surface area (Å²) in [5.41, 5.74) is 0. The first-order valence-electron chi connectivity index (χ1n) is 8.23. The normalized spacial score (nSPS) is 12.0. The zero-order chi connectivity index (χ0) is 18.7. The summed E-state index contributed by atoms with van der Waals surface area (Å²) in [4.78, 5) is 5.26. The van der Waals surface area contributed by atoms with E-state index >= 15 is 0 Å². The van der Waals surface area contributed by atoms with Gasteiger partial charge in [-0.15, -0.1) is 35.7 Å². The lowest BCUT2D eigenvalue weighted by molar-refractivity contribution is 0.445. The van der Waals surface area contributed by atoms with Crippen molar-refractivity contribution >= 4 is 63.3 Å². The Morgan fingerprint density at radius 2 is 1.73 bits per heavy atom. The number of hydrogen-bond donors (Lipinski definition) is 2. The van der Waals surface area contributed by atoms with Gasteiger partial charge in [-0.05, 0) is 24.3 Å². The lowest BCUT2D eigenvalue weighted by Gasteiger charge is -2.19. The zero-order valence-electron chi connectivity index (χ0n) is 15.4. The molecular formula is C16H28ClIN4O2S2. The summed E-state index contributed by atoms with van der Waals surface area (Å²) in [6, 6.07) is 7.71. The fourth-order valence-electron chi connectivity index (χ4n) is 2.13. The van der Waals surface area contributed by atoms with E-state index in [1.807, 2.05) is 38.1 Å². The predicted octanol–water partition coefficient (Wildman–Crippen LogP) is 2.89. The standard InChI is InChI=1S/C16H27ClN4O2S2.HI/c1-4-21(5-2)25(22,23)13-11-20-16(18-3)19-10-12-24-15-8-6-14(17)7-9-15;/h6-9H,4-5,10-13H2,1-3H3,(H2,18,19,20);1H. The molecule has 1 aromatic rings. The lowest BCUT2D eigenvalue weighted by Crippen LogP contribution is -2.42. The highest BCUT2D eigenvalue weighted by Gasteiger charge is 2.18. The van der Waals surface area contributed by atoms with Crippen molar-refractivity contribution < 1.29 is 8.42 Å². The van der Waals surface area contributed by atoms with Crippen molar-refractivity contribution in [3.63, 3.8) is 0 Å². The Kier molecular flexibility index (Phi) is 13.7. The van der Waals surface area contributed by atoms with E-state index in [1.165, 1.54) is 4.31 Å². The molecule has 0 aliphatic heterocycles. The van der Waals surface area contributed by atoms with Crippen molar-refractivity contribution in [3.05, 3.63) is 29.3 Å². The lowest BCUT2D eigenvalue weighted by atomic mass is 10.4. The van der Waals surface area contributed by atoms with Crippen LogP contribution in [0, 0.1) is 0 Å². The number of thioether (sulfide) groups is 1. The van der Waals surface area contributed by atoms with Crippen LogP contribution >= 0.6 is 47.3 Å². The molecule has 0 aromatic heterocycles. The first kappa shape index (κ1) is 25.8. The van der Waals surface area contributed by atoms with Crippen LogP contribution in [0.25, 0.3) is 0 Å². The average molecular weight is 535 g/mol. The molecule has 0 aliphatic rings. The van der Waals surface area contributed by atoms with E-state index in [4.69, 9.17) is 11.6 Å². The van der Waals surface area contributed by atoms with Gasteiger partial charge in [-0.25, -0.2) is 12.7 Å². The van der Waals surface area contributed by atoms with Crippen LogP contribution in [0.2, 0.25) is 5.02 Å². The maximum Gasteiger partial charge on any atom is 0.215 e. The first-order valence-corrected chi connectivity index (χ1v) is 11.2. The second-order valence-electron chi connectivity index (χ2n) is 5.13. The van der Waals surface area contributed by atoms with Crippen LogP contribution in [0.1, 0.15) is 13.8 Å². The molecule has 1 aromatic carbocycles. The summed E-state index contributed by atoms with van der Waals surface area (Å²) in [6.07, 6.45) is 0. The number of aliphatic imine (C=N–C) groups is 1. The SMILES string of the molecule is CCN(CC)S(=O)(=O)CCNC(=NC)NCCSc1ccc(Cl)cc1.I. The molecule has 0 unspecified atom stereocenters. The third-order valence-corrected chi connectivity index (χ3v) is 6.74. The van der Waals surface area contributed by atoms with Gasteiger partial charge in [0.25, 0.3) is 0 Å². The number of hydrogen-bond acceptors (Lipinski definition) is 4. The van der Waals surface area contributed by atoms with E-state index in [-0.39, 0.29) is 29.7 Å². The molecule has 1 rings (SSSR count). The van der Waals surface area contributed by atoms with Crippen LogP contribution in [-0.4, -0.2) is 63.4 Å². The molecule has 0 heterocycles. The average Bonchev–Trinajstić information content (AvgIpc) is 2.59. The molecular weight excluding hydrogens is 507 g/mol. The van der Waals surface area contributed by atoms with Crippen LogP contribution in [0.4, 0.5) is 0 Å². The van der Waals surface area contributed by atoms with Gasteiger partial charge in [-0.3, -0.25) is 4.99 Å². The van der Waals surface area contributed by atoms with E-state index in [9.17, 15) is 8.42 Å². The van der Waals surface area contributed by atoms with Crippen LogP contribution in [0.5, 0.6) is 0 Å². The van der Waals surface area contributed by atoms with Crippen LogP contribution in [0.15, 0.2) is 34.2 Å². The van der Waals surface area contributed by atoms with Gasteiger partial charge in [0.2, 0.25) is 10.0 Å². The molecule has 10 heteroatoms. The van der Waals surface area contributed by atoms with Gasteiger partial charge in [-0.2, -0.15) is 0 Å². The molecule has 0 aliphatic carbocycles. The Morgan fingerprint density at radius 1 is 1.15 bits per heavy atom. The Balaban J connectivity index is 0.00000625. The smallest absolute Gasteiger partial charge is 0.215 e. The number of sulfonamides is 1. The fourth-order valence-corrected chi connectivity index (χ4v) is 4.43. The van der Waals surface area contributed by atoms with Crippen molar-refractivity contribution in [2.45, 2.75) is 18.7 Å². The van der Waals surface area contributed by atoms with Crippen LogP contribution in [0.3, 0.4) is 0 Å². The van der Waals surface area contributed by atoms with Gasteiger partial charge in [0.1, 0.15) is 0 Å². The molecule has 0 saturated heterocycles. The predicted molar refractivity (Wildman–Crippen MR) is 124 cm³/mol. The zero-order valence-corrected chi connectivity index (χ0v) is 20.1. The van der Waals surface area contributed by atoms with E-state index in [2.05, 4.69) is 15.6 Å². The Morgan fingerprint density at radius 3 is 2.27 bits per heavy atom. The summed E-state index contributed by atoms with van der Waals surface area (Å²) in [5, 5.41) is 6.95. The molecule has 6 nitrogen and oxygen atoms in total. The van der Waals surface area contributed by atoms with Gasteiger partial charge in [-0.1, -0.05) is 25.4 Å². The van der Waals surface area contributed by atoms with Crippen LogP contribution in [-0.2, 0) is 10.0 Å². The third kappa shape index (κ3) is 9.63. The fraction of sp³-hybridized carbons (Fsp3) is 0.562. The quantitative estimate of drug-likeness (QED) is 0.159. The minimum atomic E-state index is -3.22. The monoisotopic (exact) mass is 534 g/mol. The van der Waals surface area contributed by atoms with Crippen molar-refractivity contribution in [2.75, 3.05) is 44.7 Å². The molecule has 0 amide bonds. The van der Waals surface area contributed by atoms with Gasteiger partial charge >= 0.3 is 0 Å². The molecule has 0 fully saturated rings. The molecule has 150 valence electrons. The van der Waals surface area contributed by atoms with Crippen LogP contribution < -0.4 is 10.6 Å². The molecule has 0 saturated carbocycles. The number of halogens is 2. The topological polar surface area (TPSA) is 73.8 Å². The summed E-state index contributed by atoms with van der Waals surface area (Å²) in [6.45, 7) is 5.71. The second-order valence-corrected chi connectivity index (χ2v) is 8.82. The highest BCUT2D eigenvalue weighted by molar-refractivity contribution is 14.0. The molecule has 26 heavy (non-hydrogen) atoms. The number of rotatable bonds is 10. The third-order valence-electron chi connectivity index (χ3n) is 3.45. The molecule has 2 N–H and O–H groups in total. The summed E-state index contributed by atoms with van der Waals surface area (Å²) < 4.78 is 25.7. The van der Waals surface area contributed by atoms with Gasteiger partial charge in [0.15, 0.2) is 5.96 Å². The maximum absolute atomic E-state index is 12.1. The molecule has 0 atom stereocenters. The van der Waals surface area contributed by atoms with Crippen molar-refractivity contribution in [3.8, 4) is 0 Å². The Bertz CT molecular complexity index is 638. The largest absolute Gasteiger partial charge is 0.356 e. The van der Waals surface area contributed by atoms with E-state index in [0.717, 1.165) is 22.2 Å². The van der Waals surface area contributed by atoms with Crippen molar-refractivity contribution in [1.29, 1.82) is 0 Å². The first-order chi connectivity index (χ1) is 11.9. The van der Waals surface area contributed by atoms with Gasteiger partial charge in [0, 0.05) is 48.9 Å². The van der Waals surface area contributed by atoms with Crippen molar-refractivity contribution in [1.82, 2.24) is 14.9 Å². The van der Waals surface area contributed by atoms with E-state index < -0.39 is 10.0 Å². The number of guanidine groups is 1. The van der Waals surface area contributed by atoms with E-state index in [0.29, 0.717) is 25.6 Å². The number of benzene rings is 1. The Hall–Kier alpha value is -0.230. The van der Waals surface area contributed by atoms with Gasteiger partial charge < -0.3 is 10.6 Å². The molecule has 0 bridgehead atoms. The maximum atomic E-state index is 12.1. The molecule has 0 radical (unpaired) electrons. The second kappa shape index (κ2) is 13.9. The molecule has 0 spiro atoms. The van der Waals surface area contributed by atoms with Gasteiger partial charge in [0.05, 0.1) is 5.75 Å². The Labute approximate surface area is 183 Å². The summed E-state index contributed by atoms with van der Waals surface area (Å²) in [7, 11) is -1.55. The highest BCUT2D eigenvalue weighted by Crippen LogP contribution is 2.19. The minimum Gasteiger partial charge on any atom is -0.356 e. The van der Waals surface area contributed by atoms with E-state index in [1.54, 1.807) is 18.8 Å². The number of nitrogens with one attached hydrogen (secondary N) is 2. The summed E-state index contributed by atoms with van der Waals surface area (Å²) >= 11 is 7.57. The minimum absolute atomic E-state index is 0. The highest BCUT2D eigenvalue weighted by atomic mass is 127. The summed E-state index contributed by atoms with van der Waals surface area (Å²) in [5.74, 6) is 1.51. The number of nitrogens with zero attached hydrogens (tertiary/aromatic N) is 2.